The first-order valence-electron chi connectivity index (χ1n) is 9.60. The van der Waals surface area contributed by atoms with Gasteiger partial charge in [0.1, 0.15) is 0 Å². The van der Waals surface area contributed by atoms with Crippen LogP contribution in [-0.2, 0) is 6.42 Å². The van der Waals surface area contributed by atoms with Gasteiger partial charge < -0.3 is 5.11 Å². The van der Waals surface area contributed by atoms with E-state index in [4.69, 9.17) is 0 Å². The van der Waals surface area contributed by atoms with Gasteiger partial charge in [0.15, 0.2) is 0 Å². The Kier molecular flexibility index (Phi) is 6.41. The zero-order valence-corrected chi connectivity index (χ0v) is 15.0. The highest BCUT2D eigenvalue weighted by Crippen LogP contribution is 2.33. The second-order valence-electron chi connectivity index (χ2n) is 7.21. The van der Waals surface area contributed by atoms with Gasteiger partial charge in [0.25, 0.3) is 0 Å². The number of nitrogens with zero attached hydrogens (tertiary/aromatic N) is 1. The third-order valence-corrected chi connectivity index (χ3v) is 5.32. The Morgan fingerprint density at radius 3 is 2.40 bits per heavy atom. The summed E-state index contributed by atoms with van der Waals surface area (Å²) in [5.74, 6) is 0.600. The summed E-state index contributed by atoms with van der Waals surface area (Å²) in [5.41, 5.74) is 4.93. The predicted molar refractivity (Wildman–Crippen MR) is 105 cm³/mol. The van der Waals surface area contributed by atoms with Crippen molar-refractivity contribution in [2.75, 3.05) is 0 Å². The monoisotopic (exact) mass is 335 g/mol. The number of hydrogen-bond donors (Lipinski definition) is 1. The molecule has 0 amide bonds. The van der Waals surface area contributed by atoms with Crippen molar-refractivity contribution in [1.29, 1.82) is 0 Å². The Bertz CT molecular complexity index is 651. The van der Waals surface area contributed by atoms with Crippen LogP contribution in [0.1, 0.15) is 62.0 Å². The fourth-order valence-electron chi connectivity index (χ4n) is 3.70. The standard InChI is InChI=1S/C23H29NO/c1-2-3-4-5-6-18-7-16-23(24-17-18)21-10-8-19(9-11-21)20-12-14-22(25)15-13-20/h2,7-11,16-17,20,22,25H,1,3-6,12-15H2. The van der Waals surface area contributed by atoms with Gasteiger partial charge in [0.05, 0.1) is 11.8 Å². The SMILES string of the molecule is C=CCCCCc1ccc(-c2ccc(C3CCC(O)CC3)cc2)nc1. The van der Waals surface area contributed by atoms with Crippen LogP contribution >= 0.6 is 0 Å². The van der Waals surface area contributed by atoms with Crippen molar-refractivity contribution in [2.24, 2.45) is 0 Å². The average Bonchev–Trinajstić information content (AvgIpc) is 2.67. The summed E-state index contributed by atoms with van der Waals surface area (Å²) in [4.78, 5) is 4.65. The fraction of sp³-hybridized carbons (Fsp3) is 0.435. The number of aryl methyl sites for hydroxylation is 1. The molecule has 2 aromatic rings. The lowest BCUT2D eigenvalue weighted by Gasteiger charge is -2.25. The van der Waals surface area contributed by atoms with Crippen molar-refractivity contribution >= 4 is 0 Å². The first kappa shape index (κ1) is 17.9. The maximum Gasteiger partial charge on any atom is 0.0702 e. The Morgan fingerprint density at radius 1 is 1.00 bits per heavy atom. The number of pyridine rings is 1. The second kappa shape index (κ2) is 8.96. The van der Waals surface area contributed by atoms with Crippen molar-refractivity contribution < 1.29 is 5.11 Å². The number of benzene rings is 1. The lowest BCUT2D eigenvalue weighted by atomic mass is 9.82. The number of aliphatic hydroxyl groups is 1. The van der Waals surface area contributed by atoms with Gasteiger partial charge in [-0.2, -0.15) is 0 Å². The van der Waals surface area contributed by atoms with Crippen molar-refractivity contribution in [1.82, 2.24) is 4.98 Å². The zero-order chi connectivity index (χ0) is 17.5. The largest absolute Gasteiger partial charge is 0.393 e. The maximum absolute atomic E-state index is 9.66. The van der Waals surface area contributed by atoms with Crippen LogP contribution in [0.4, 0.5) is 0 Å². The average molecular weight is 335 g/mol. The molecule has 2 nitrogen and oxygen atoms in total. The molecule has 0 atom stereocenters. The van der Waals surface area contributed by atoms with E-state index in [0.717, 1.165) is 44.2 Å². The minimum atomic E-state index is -0.0880. The topological polar surface area (TPSA) is 33.1 Å². The van der Waals surface area contributed by atoms with E-state index in [0.29, 0.717) is 5.92 Å². The molecule has 25 heavy (non-hydrogen) atoms. The van der Waals surface area contributed by atoms with Gasteiger partial charge in [0, 0.05) is 11.8 Å². The molecule has 3 rings (SSSR count). The summed E-state index contributed by atoms with van der Waals surface area (Å²) in [5, 5.41) is 9.66. The highest BCUT2D eigenvalue weighted by atomic mass is 16.3. The van der Waals surface area contributed by atoms with E-state index in [1.807, 2.05) is 12.3 Å². The molecule has 1 aromatic carbocycles. The number of hydrogen-bond acceptors (Lipinski definition) is 2. The lowest BCUT2D eigenvalue weighted by Crippen LogP contribution is -2.16. The Balaban J connectivity index is 1.59. The molecule has 1 aliphatic rings. The summed E-state index contributed by atoms with van der Waals surface area (Å²) in [6.07, 6.45) is 12.5. The smallest absolute Gasteiger partial charge is 0.0702 e. The van der Waals surface area contributed by atoms with Crippen LogP contribution in [-0.4, -0.2) is 16.2 Å². The molecule has 1 aromatic heterocycles. The van der Waals surface area contributed by atoms with Crippen molar-refractivity contribution in [3.63, 3.8) is 0 Å². The van der Waals surface area contributed by atoms with E-state index >= 15 is 0 Å². The molecule has 0 radical (unpaired) electrons. The second-order valence-corrected chi connectivity index (χ2v) is 7.21. The molecule has 132 valence electrons. The van der Waals surface area contributed by atoms with Crippen LogP contribution in [0.5, 0.6) is 0 Å². The molecule has 0 unspecified atom stereocenters. The van der Waals surface area contributed by atoms with Crippen LogP contribution in [0.25, 0.3) is 11.3 Å². The molecular formula is C23H29NO. The molecule has 0 bridgehead atoms. The third-order valence-electron chi connectivity index (χ3n) is 5.32. The Hall–Kier alpha value is -1.93. The molecule has 0 aliphatic heterocycles. The van der Waals surface area contributed by atoms with Gasteiger partial charge in [0.2, 0.25) is 0 Å². The molecule has 0 spiro atoms. The van der Waals surface area contributed by atoms with E-state index in [1.54, 1.807) is 0 Å². The van der Waals surface area contributed by atoms with Gasteiger partial charge in [-0.15, -0.1) is 6.58 Å². The molecule has 2 heteroatoms. The Morgan fingerprint density at radius 2 is 1.76 bits per heavy atom. The maximum atomic E-state index is 9.66. The van der Waals surface area contributed by atoms with Crippen molar-refractivity contribution in [3.8, 4) is 11.3 Å². The summed E-state index contributed by atoms with van der Waals surface area (Å²) in [6.45, 7) is 3.77. The lowest BCUT2D eigenvalue weighted by molar-refractivity contribution is 0.122. The zero-order valence-electron chi connectivity index (χ0n) is 15.0. The third kappa shape index (κ3) is 5.02. The molecule has 0 saturated heterocycles. The number of rotatable bonds is 7. The Labute approximate surface area is 151 Å². The van der Waals surface area contributed by atoms with Crippen molar-refractivity contribution in [2.45, 2.75) is 63.4 Å². The van der Waals surface area contributed by atoms with E-state index in [-0.39, 0.29) is 6.10 Å². The highest BCUT2D eigenvalue weighted by Gasteiger charge is 2.20. The quantitative estimate of drug-likeness (QED) is 0.522. The summed E-state index contributed by atoms with van der Waals surface area (Å²) < 4.78 is 0. The molecule has 1 aliphatic carbocycles. The molecular weight excluding hydrogens is 306 g/mol. The van der Waals surface area contributed by atoms with E-state index in [1.165, 1.54) is 29.5 Å². The number of aliphatic hydroxyl groups excluding tert-OH is 1. The molecule has 1 saturated carbocycles. The van der Waals surface area contributed by atoms with Gasteiger partial charge in [-0.3, -0.25) is 4.98 Å². The van der Waals surface area contributed by atoms with Crippen LogP contribution in [0.2, 0.25) is 0 Å². The van der Waals surface area contributed by atoms with Crippen molar-refractivity contribution in [3.05, 3.63) is 66.4 Å². The van der Waals surface area contributed by atoms with E-state index in [2.05, 4.69) is 48.0 Å². The highest BCUT2D eigenvalue weighted by molar-refractivity contribution is 5.59. The predicted octanol–water partition coefficient (Wildman–Crippen LogP) is 5.67. The van der Waals surface area contributed by atoms with Crippen LogP contribution in [0.15, 0.2) is 55.3 Å². The molecule has 1 heterocycles. The first-order chi connectivity index (χ1) is 12.3. The van der Waals surface area contributed by atoms with Crippen LogP contribution in [0, 0.1) is 0 Å². The normalized spacial score (nSPS) is 20.4. The number of unbranched alkanes of at least 4 members (excludes halogenated alkanes) is 2. The number of allylic oxidation sites excluding steroid dienone is 1. The first-order valence-corrected chi connectivity index (χ1v) is 9.60. The summed E-state index contributed by atoms with van der Waals surface area (Å²) >= 11 is 0. The van der Waals surface area contributed by atoms with Gasteiger partial charge in [-0.25, -0.2) is 0 Å². The molecule has 1 fully saturated rings. The van der Waals surface area contributed by atoms with Crippen LogP contribution < -0.4 is 0 Å². The van der Waals surface area contributed by atoms with Gasteiger partial charge in [-0.1, -0.05) is 36.4 Å². The molecule has 1 N–H and O–H groups in total. The summed E-state index contributed by atoms with van der Waals surface area (Å²) in [7, 11) is 0. The number of aromatic nitrogens is 1. The van der Waals surface area contributed by atoms with Gasteiger partial charge >= 0.3 is 0 Å². The fourth-order valence-corrected chi connectivity index (χ4v) is 3.70. The van der Waals surface area contributed by atoms with E-state index in [9.17, 15) is 5.11 Å². The minimum absolute atomic E-state index is 0.0880. The summed E-state index contributed by atoms with van der Waals surface area (Å²) in [6, 6.07) is 13.2. The van der Waals surface area contributed by atoms with Gasteiger partial charge in [-0.05, 0) is 74.5 Å². The van der Waals surface area contributed by atoms with E-state index < -0.39 is 0 Å². The van der Waals surface area contributed by atoms with Crippen LogP contribution in [0.3, 0.4) is 0 Å². The minimum Gasteiger partial charge on any atom is -0.393 e.